The predicted molar refractivity (Wildman–Crippen MR) is 119 cm³/mol. The molecule has 1 aromatic heterocycles. The lowest BCUT2D eigenvalue weighted by molar-refractivity contribution is 0.100. The maximum Gasteiger partial charge on any atom is 0.250 e. The summed E-state index contributed by atoms with van der Waals surface area (Å²) in [5, 5.41) is 5.17. The predicted octanol–water partition coefficient (Wildman–Crippen LogP) is 5.51. The van der Waals surface area contributed by atoms with Gasteiger partial charge >= 0.3 is 0 Å². The number of carbonyl (C=O) groups is 1. The molecule has 1 heterocycles. The van der Waals surface area contributed by atoms with Crippen LogP contribution in [0.4, 0.5) is 5.69 Å². The molecule has 3 aromatic rings. The summed E-state index contributed by atoms with van der Waals surface area (Å²) in [6.45, 7) is 4.24. The maximum absolute atomic E-state index is 11.9. The highest BCUT2D eigenvalue weighted by Crippen LogP contribution is 2.35. The van der Waals surface area contributed by atoms with Gasteiger partial charge in [-0.05, 0) is 42.2 Å². The minimum absolute atomic E-state index is 0.0524. The van der Waals surface area contributed by atoms with Crippen LogP contribution in [0.25, 0.3) is 10.9 Å². The highest BCUT2D eigenvalue weighted by molar-refractivity contribution is 6.32. The number of amides is 1. The molecule has 0 fully saturated rings. The van der Waals surface area contributed by atoms with Gasteiger partial charge in [0, 0.05) is 17.3 Å². The van der Waals surface area contributed by atoms with Gasteiger partial charge in [-0.15, -0.1) is 0 Å². The fourth-order valence-corrected chi connectivity index (χ4v) is 3.85. The van der Waals surface area contributed by atoms with Gasteiger partial charge in [0.05, 0.1) is 29.3 Å². The van der Waals surface area contributed by atoms with E-state index in [2.05, 4.69) is 24.1 Å². The molecule has 6 heteroatoms. The molecule has 0 spiro atoms. The largest absolute Gasteiger partial charge is 0.495 e. The molecule has 3 rings (SSSR count). The second-order valence-corrected chi connectivity index (χ2v) is 7.36. The van der Waals surface area contributed by atoms with Gasteiger partial charge in [0.25, 0.3) is 5.91 Å². The Bertz CT molecular complexity index is 1040. The number of halogens is 1. The van der Waals surface area contributed by atoms with Crippen LogP contribution in [0.3, 0.4) is 0 Å². The standard InChI is InChI=1S/C23H26ClN3O2/c1-4-7-19(15-10-11-20(29-3)18(24)12-15)27-21-14(5-2)13-26-22-16(21)8-6-9-17(22)23(25)28/h6,8-13,19H,4-5,7H2,1-3H3,(H2,25,28)(H,26,27)/t19-/m1/s1. The van der Waals surface area contributed by atoms with Gasteiger partial charge in [0.2, 0.25) is 0 Å². The van der Waals surface area contributed by atoms with Crippen LogP contribution in [0.15, 0.2) is 42.6 Å². The minimum atomic E-state index is -0.481. The molecule has 0 bridgehead atoms. The molecule has 152 valence electrons. The Morgan fingerprint density at radius 1 is 1.28 bits per heavy atom. The number of nitrogens with zero attached hydrogens (tertiary/aromatic N) is 1. The molecule has 3 N–H and O–H groups in total. The summed E-state index contributed by atoms with van der Waals surface area (Å²) in [4.78, 5) is 16.4. The van der Waals surface area contributed by atoms with Crippen molar-refractivity contribution in [3.8, 4) is 5.75 Å². The second kappa shape index (κ2) is 9.14. The van der Waals surface area contributed by atoms with Gasteiger partial charge in [0.15, 0.2) is 0 Å². The van der Waals surface area contributed by atoms with Gasteiger partial charge in [-0.25, -0.2) is 0 Å². The van der Waals surface area contributed by atoms with Crippen molar-refractivity contribution in [2.24, 2.45) is 5.73 Å². The zero-order valence-electron chi connectivity index (χ0n) is 17.0. The molecule has 0 saturated carbocycles. The van der Waals surface area contributed by atoms with Gasteiger partial charge in [0.1, 0.15) is 5.75 Å². The Morgan fingerprint density at radius 2 is 2.07 bits per heavy atom. The van der Waals surface area contributed by atoms with Crippen molar-refractivity contribution in [1.29, 1.82) is 0 Å². The lowest BCUT2D eigenvalue weighted by atomic mass is 9.99. The Kier molecular flexibility index (Phi) is 6.60. The highest BCUT2D eigenvalue weighted by atomic mass is 35.5. The van der Waals surface area contributed by atoms with Crippen molar-refractivity contribution in [1.82, 2.24) is 4.98 Å². The van der Waals surface area contributed by atoms with Gasteiger partial charge in [-0.1, -0.05) is 50.1 Å². The summed E-state index contributed by atoms with van der Waals surface area (Å²) in [6, 6.07) is 11.4. The number of anilines is 1. The number of fused-ring (bicyclic) bond motifs is 1. The molecule has 29 heavy (non-hydrogen) atoms. The van der Waals surface area contributed by atoms with Crippen molar-refractivity contribution >= 4 is 34.1 Å². The van der Waals surface area contributed by atoms with Crippen molar-refractivity contribution in [3.05, 3.63) is 64.3 Å². The fourth-order valence-electron chi connectivity index (χ4n) is 3.59. The van der Waals surface area contributed by atoms with Crippen molar-refractivity contribution < 1.29 is 9.53 Å². The topological polar surface area (TPSA) is 77.2 Å². The molecule has 0 saturated heterocycles. The zero-order valence-corrected chi connectivity index (χ0v) is 17.7. The number of carbonyl (C=O) groups excluding carboxylic acids is 1. The summed E-state index contributed by atoms with van der Waals surface area (Å²) in [5.41, 5.74) is 9.74. The summed E-state index contributed by atoms with van der Waals surface area (Å²) in [7, 11) is 1.61. The molecule has 0 aliphatic rings. The van der Waals surface area contributed by atoms with Crippen LogP contribution in [-0.4, -0.2) is 18.0 Å². The molecule has 0 aliphatic carbocycles. The molecule has 0 unspecified atom stereocenters. The van der Waals surface area contributed by atoms with Crippen molar-refractivity contribution in [2.75, 3.05) is 12.4 Å². The minimum Gasteiger partial charge on any atom is -0.495 e. The summed E-state index contributed by atoms with van der Waals surface area (Å²) < 4.78 is 5.28. The lowest BCUT2D eigenvalue weighted by Gasteiger charge is -2.24. The van der Waals surface area contributed by atoms with Crippen LogP contribution in [0, 0.1) is 0 Å². The van der Waals surface area contributed by atoms with Crippen LogP contribution >= 0.6 is 11.6 Å². The molecule has 1 amide bonds. The summed E-state index contributed by atoms with van der Waals surface area (Å²) in [6.07, 6.45) is 4.55. The van der Waals surface area contributed by atoms with Gasteiger partial charge in [-0.2, -0.15) is 0 Å². The number of aryl methyl sites for hydroxylation is 1. The number of primary amides is 1. The number of rotatable bonds is 8. The van der Waals surface area contributed by atoms with E-state index >= 15 is 0 Å². The molecular formula is C23H26ClN3O2. The number of nitrogens with one attached hydrogen (secondary N) is 1. The van der Waals surface area contributed by atoms with Crippen LogP contribution in [0.2, 0.25) is 5.02 Å². The smallest absolute Gasteiger partial charge is 0.250 e. The van der Waals surface area contributed by atoms with E-state index in [0.717, 1.165) is 41.5 Å². The van der Waals surface area contributed by atoms with Crippen LogP contribution in [0.5, 0.6) is 5.75 Å². The van der Waals surface area contributed by atoms with E-state index < -0.39 is 5.91 Å². The number of ether oxygens (including phenoxy) is 1. The zero-order chi connectivity index (χ0) is 21.0. The lowest BCUT2D eigenvalue weighted by Crippen LogP contribution is -2.15. The van der Waals surface area contributed by atoms with Crippen LogP contribution in [0.1, 0.15) is 54.2 Å². The first-order valence-electron chi connectivity index (χ1n) is 9.80. The second-order valence-electron chi connectivity index (χ2n) is 6.96. The van der Waals surface area contributed by atoms with E-state index in [1.54, 1.807) is 13.2 Å². The molecule has 5 nitrogen and oxygen atoms in total. The third kappa shape index (κ3) is 4.30. The number of hydrogen-bond acceptors (Lipinski definition) is 4. The SMILES string of the molecule is CCC[C@@H](Nc1c(CC)cnc2c(C(N)=O)cccc12)c1ccc(OC)c(Cl)c1. The van der Waals surface area contributed by atoms with E-state index in [-0.39, 0.29) is 6.04 Å². The highest BCUT2D eigenvalue weighted by Gasteiger charge is 2.18. The van der Waals surface area contributed by atoms with E-state index in [9.17, 15) is 4.79 Å². The third-order valence-corrected chi connectivity index (χ3v) is 5.39. The van der Waals surface area contributed by atoms with Crippen molar-refractivity contribution in [2.45, 2.75) is 39.2 Å². The quantitative estimate of drug-likeness (QED) is 0.512. The normalized spacial score (nSPS) is 12.0. The molecule has 1 atom stereocenters. The van der Waals surface area contributed by atoms with Crippen molar-refractivity contribution in [3.63, 3.8) is 0 Å². The Balaban J connectivity index is 2.11. The molecule has 0 aliphatic heterocycles. The summed E-state index contributed by atoms with van der Waals surface area (Å²) >= 11 is 6.37. The number of para-hydroxylation sites is 1. The molecule has 0 radical (unpaired) electrons. The summed E-state index contributed by atoms with van der Waals surface area (Å²) in [5.74, 6) is 0.172. The van der Waals surface area contributed by atoms with Crippen LogP contribution < -0.4 is 15.8 Å². The molecule has 2 aromatic carbocycles. The average Bonchev–Trinajstić information content (AvgIpc) is 2.72. The number of aromatic nitrogens is 1. The average molecular weight is 412 g/mol. The Labute approximate surface area is 176 Å². The fraction of sp³-hybridized carbons (Fsp3) is 0.304. The first-order valence-corrected chi connectivity index (χ1v) is 10.2. The third-order valence-electron chi connectivity index (χ3n) is 5.10. The number of pyridine rings is 1. The number of hydrogen-bond donors (Lipinski definition) is 2. The van der Waals surface area contributed by atoms with Gasteiger partial charge in [-0.3, -0.25) is 9.78 Å². The maximum atomic E-state index is 11.9. The molecular weight excluding hydrogens is 386 g/mol. The number of nitrogens with two attached hydrogens (primary N) is 1. The van der Waals surface area contributed by atoms with E-state index in [1.807, 2.05) is 36.5 Å². The van der Waals surface area contributed by atoms with Gasteiger partial charge < -0.3 is 15.8 Å². The Morgan fingerprint density at radius 3 is 2.69 bits per heavy atom. The van der Waals surface area contributed by atoms with E-state index in [4.69, 9.17) is 22.1 Å². The van der Waals surface area contributed by atoms with Crippen LogP contribution in [-0.2, 0) is 6.42 Å². The first-order chi connectivity index (χ1) is 14.0. The number of benzene rings is 2. The monoisotopic (exact) mass is 411 g/mol. The number of methoxy groups -OCH3 is 1. The van der Waals surface area contributed by atoms with E-state index in [1.165, 1.54) is 0 Å². The first kappa shape index (κ1) is 20.9. The Hall–Kier alpha value is -2.79. The van der Waals surface area contributed by atoms with E-state index in [0.29, 0.717) is 21.9 Å².